The van der Waals surface area contributed by atoms with Crippen LogP contribution in [0.1, 0.15) is 29.7 Å². The highest BCUT2D eigenvalue weighted by atomic mass is 19.1. The number of ether oxygens (including phenoxy) is 3. The molecule has 0 bridgehead atoms. The lowest BCUT2D eigenvalue weighted by molar-refractivity contribution is -0.139. The molecule has 0 fully saturated rings. The van der Waals surface area contributed by atoms with Gasteiger partial charge in [0.15, 0.2) is 12.7 Å². The highest BCUT2D eigenvalue weighted by molar-refractivity contribution is 5.82. The van der Waals surface area contributed by atoms with Gasteiger partial charge in [-0.25, -0.2) is 9.18 Å². The van der Waals surface area contributed by atoms with E-state index >= 15 is 0 Å². The van der Waals surface area contributed by atoms with Gasteiger partial charge in [-0.3, -0.25) is 4.79 Å². The van der Waals surface area contributed by atoms with E-state index in [9.17, 15) is 14.0 Å². The van der Waals surface area contributed by atoms with Crippen molar-refractivity contribution >= 4 is 11.9 Å². The van der Waals surface area contributed by atoms with E-state index in [1.54, 1.807) is 13.0 Å². The SMILES string of the molecule is CCOC(C(=O)NCc1ccc(C#N)cc1OCC(=O)O)c1ccc(OC)cc1F. The van der Waals surface area contributed by atoms with Crippen molar-refractivity contribution in [2.45, 2.75) is 19.6 Å². The molecule has 0 aliphatic carbocycles. The van der Waals surface area contributed by atoms with Crippen LogP contribution in [0.5, 0.6) is 11.5 Å². The third-order valence-electron chi connectivity index (χ3n) is 4.06. The number of methoxy groups -OCH3 is 1. The Morgan fingerprint density at radius 3 is 2.63 bits per heavy atom. The summed E-state index contributed by atoms with van der Waals surface area (Å²) in [6.45, 7) is 1.21. The van der Waals surface area contributed by atoms with E-state index in [-0.39, 0.29) is 30.0 Å². The number of rotatable bonds is 10. The molecular weight excluding hydrogens is 395 g/mol. The summed E-state index contributed by atoms with van der Waals surface area (Å²) in [6, 6.07) is 10.5. The van der Waals surface area contributed by atoms with E-state index in [4.69, 9.17) is 24.6 Å². The predicted molar refractivity (Wildman–Crippen MR) is 103 cm³/mol. The molecule has 158 valence electrons. The number of halogens is 1. The van der Waals surface area contributed by atoms with Gasteiger partial charge in [0.05, 0.1) is 18.7 Å². The molecule has 8 nitrogen and oxygen atoms in total. The van der Waals surface area contributed by atoms with Gasteiger partial charge in [-0.15, -0.1) is 0 Å². The Morgan fingerprint density at radius 2 is 2.03 bits per heavy atom. The fourth-order valence-corrected chi connectivity index (χ4v) is 2.64. The molecule has 0 spiro atoms. The molecule has 2 N–H and O–H groups in total. The van der Waals surface area contributed by atoms with E-state index in [1.165, 1.54) is 31.4 Å². The van der Waals surface area contributed by atoms with Crippen molar-refractivity contribution < 1.29 is 33.3 Å². The molecule has 0 aromatic heterocycles. The van der Waals surface area contributed by atoms with Crippen LogP contribution in [0, 0.1) is 17.1 Å². The van der Waals surface area contributed by atoms with Gasteiger partial charge in [0, 0.05) is 30.3 Å². The number of nitrogens with zero attached hydrogens (tertiary/aromatic N) is 1. The summed E-state index contributed by atoms with van der Waals surface area (Å²) in [4.78, 5) is 23.5. The summed E-state index contributed by atoms with van der Waals surface area (Å²) in [5.41, 5.74) is 0.782. The van der Waals surface area contributed by atoms with Crippen molar-refractivity contribution in [1.82, 2.24) is 5.32 Å². The number of carboxylic acids is 1. The zero-order chi connectivity index (χ0) is 22.1. The van der Waals surface area contributed by atoms with Crippen LogP contribution in [0.15, 0.2) is 36.4 Å². The smallest absolute Gasteiger partial charge is 0.341 e. The van der Waals surface area contributed by atoms with Crippen LogP contribution in [0.2, 0.25) is 0 Å². The largest absolute Gasteiger partial charge is 0.497 e. The highest BCUT2D eigenvalue weighted by Gasteiger charge is 2.24. The number of nitrogens with one attached hydrogen (secondary N) is 1. The van der Waals surface area contributed by atoms with Crippen molar-refractivity contribution in [1.29, 1.82) is 5.26 Å². The molecule has 9 heteroatoms. The fraction of sp³-hybridized carbons (Fsp3) is 0.286. The van der Waals surface area contributed by atoms with Gasteiger partial charge < -0.3 is 24.6 Å². The van der Waals surface area contributed by atoms with Crippen LogP contribution in [-0.2, 0) is 20.9 Å². The van der Waals surface area contributed by atoms with E-state index in [1.807, 2.05) is 6.07 Å². The van der Waals surface area contributed by atoms with E-state index in [2.05, 4.69) is 5.32 Å². The summed E-state index contributed by atoms with van der Waals surface area (Å²) in [5, 5.41) is 20.5. The van der Waals surface area contributed by atoms with Crippen LogP contribution in [0.25, 0.3) is 0 Å². The average molecular weight is 416 g/mol. The molecule has 2 aromatic carbocycles. The molecule has 0 saturated heterocycles. The molecule has 1 amide bonds. The number of carbonyl (C=O) groups is 2. The quantitative estimate of drug-likeness (QED) is 0.611. The van der Waals surface area contributed by atoms with Crippen molar-refractivity contribution in [2.75, 3.05) is 20.3 Å². The number of amides is 1. The Morgan fingerprint density at radius 1 is 1.27 bits per heavy atom. The second-order valence-electron chi connectivity index (χ2n) is 6.06. The molecule has 0 saturated carbocycles. The highest BCUT2D eigenvalue weighted by Crippen LogP contribution is 2.26. The van der Waals surface area contributed by atoms with E-state index in [0.717, 1.165) is 6.07 Å². The zero-order valence-electron chi connectivity index (χ0n) is 16.5. The van der Waals surface area contributed by atoms with Gasteiger partial charge in [0.25, 0.3) is 5.91 Å². The van der Waals surface area contributed by atoms with Gasteiger partial charge in [-0.2, -0.15) is 5.26 Å². The first kappa shape index (κ1) is 22.6. The first-order valence-electron chi connectivity index (χ1n) is 9.00. The predicted octanol–water partition coefficient (Wildman–Crippen LogP) is 2.56. The number of nitriles is 1. The van der Waals surface area contributed by atoms with Crippen LogP contribution < -0.4 is 14.8 Å². The maximum absolute atomic E-state index is 14.4. The molecule has 0 aliphatic heterocycles. The number of benzene rings is 2. The van der Waals surface area contributed by atoms with Crippen molar-refractivity contribution in [3.8, 4) is 17.6 Å². The zero-order valence-corrected chi connectivity index (χ0v) is 16.5. The second kappa shape index (κ2) is 10.8. The summed E-state index contributed by atoms with van der Waals surface area (Å²) in [7, 11) is 1.41. The maximum Gasteiger partial charge on any atom is 0.341 e. The lowest BCUT2D eigenvalue weighted by atomic mass is 10.1. The van der Waals surface area contributed by atoms with E-state index < -0.39 is 30.4 Å². The molecule has 1 atom stereocenters. The van der Waals surface area contributed by atoms with E-state index in [0.29, 0.717) is 11.3 Å². The Hall–Kier alpha value is -3.64. The lowest BCUT2D eigenvalue weighted by Gasteiger charge is -2.19. The summed E-state index contributed by atoms with van der Waals surface area (Å²) in [5.74, 6) is -1.95. The molecule has 0 heterocycles. The second-order valence-corrected chi connectivity index (χ2v) is 6.06. The molecule has 0 radical (unpaired) electrons. The van der Waals surface area contributed by atoms with Crippen LogP contribution in [0.4, 0.5) is 4.39 Å². The number of hydrogen-bond donors (Lipinski definition) is 2. The molecule has 2 aromatic rings. The maximum atomic E-state index is 14.4. The monoisotopic (exact) mass is 416 g/mol. The Kier molecular flexibility index (Phi) is 8.14. The fourth-order valence-electron chi connectivity index (χ4n) is 2.64. The number of carboxylic acid groups (broad SMARTS) is 1. The molecule has 0 aliphatic rings. The summed E-state index contributed by atoms with van der Waals surface area (Å²) in [6.07, 6.45) is -1.19. The minimum Gasteiger partial charge on any atom is -0.497 e. The Balaban J connectivity index is 2.19. The van der Waals surface area contributed by atoms with Gasteiger partial charge in [-0.05, 0) is 31.2 Å². The van der Waals surface area contributed by atoms with Crippen molar-refractivity contribution in [2.24, 2.45) is 0 Å². The normalized spacial score (nSPS) is 11.3. The Bertz CT molecular complexity index is 957. The molecule has 30 heavy (non-hydrogen) atoms. The number of aliphatic carboxylic acids is 1. The Labute approximate surface area is 172 Å². The average Bonchev–Trinajstić information content (AvgIpc) is 2.74. The lowest BCUT2D eigenvalue weighted by Crippen LogP contribution is -2.31. The third kappa shape index (κ3) is 5.93. The number of hydrogen-bond acceptors (Lipinski definition) is 6. The molecule has 1 unspecified atom stereocenters. The topological polar surface area (TPSA) is 118 Å². The number of carbonyl (C=O) groups excluding carboxylic acids is 1. The minimum absolute atomic E-state index is 0.0408. The molecule has 2 rings (SSSR count). The first-order valence-corrected chi connectivity index (χ1v) is 9.00. The van der Waals surface area contributed by atoms with Crippen LogP contribution in [0.3, 0.4) is 0 Å². The van der Waals surface area contributed by atoms with Gasteiger partial charge in [0.2, 0.25) is 0 Å². The van der Waals surface area contributed by atoms with Gasteiger partial charge >= 0.3 is 5.97 Å². The third-order valence-corrected chi connectivity index (χ3v) is 4.06. The molecular formula is C21H21FN2O6. The summed E-state index contributed by atoms with van der Waals surface area (Å²) >= 11 is 0. The van der Waals surface area contributed by atoms with Crippen molar-refractivity contribution in [3.05, 3.63) is 58.9 Å². The summed E-state index contributed by atoms with van der Waals surface area (Å²) < 4.78 is 30.0. The van der Waals surface area contributed by atoms with Crippen LogP contribution in [-0.4, -0.2) is 37.3 Å². The van der Waals surface area contributed by atoms with Crippen molar-refractivity contribution in [3.63, 3.8) is 0 Å². The van der Waals surface area contributed by atoms with Gasteiger partial charge in [0.1, 0.15) is 17.3 Å². The first-order chi connectivity index (χ1) is 14.4. The minimum atomic E-state index is -1.19. The van der Waals surface area contributed by atoms with Gasteiger partial charge in [-0.1, -0.05) is 6.07 Å². The van der Waals surface area contributed by atoms with Crippen LogP contribution >= 0.6 is 0 Å². The standard InChI is InChI=1S/C21H21FN2O6/c1-3-29-20(16-7-6-15(28-2)9-17(16)22)21(27)24-11-14-5-4-13(10-23)8-18(14)30-12-19(25)26/h4-9,20H,3,11-12H2,1-2H3,(H,24,27)(H,25,26).